The highest BCUT2D eigenvalue weighted by Crippen LogP contribution is 2.32. The van der Waals surface area contributed by atoms with Gasteiger partial charge in [0.2, 0.25) is 0 Å². The Labute approximate surface area is 120 Å². The van der Waals surface area contributed by atoms with Crippen molar-refractivity contribution >= 4 is 11.9 Å². The molecule has 0 bridgehead atoms. The van der Waals surface area contributed by atoms with E-state index in [0.717, 1.165) is 6.42 Å². The zero-order chi connectivity index (χ0) is 15.2. The van der Waals surface area contributed by atoms with Crippen molar-refractivity contribution < 1.29 is 23.8 Å². The molecule has 0 amide bonds. The van der Waals surface area contributed by atoms with Crippen LogP contribution >= 0.6 is 0 Å². The molecule has 1 heterocycles. The van der Waals surface area contributed by atoms with Crippen molar-refractivity contribution in [1.29, 1.82) is 0 Å². The van der Waals surface area contributed by atoms with E-state index >= 15 is 0 Å². The molecule has 0 spiro atoms. The summed E-state index contributed by atoms with van der Waals surface area (Å²) in [5.74, 6) is -0.533. The molecule has 0 aliphatic carbocycles. The third kappa shape index (κ3) is 4.18. The maximum Gasteiger partial charge on any atom is 0.320 e. The Hall–Kier alpha value is -1.14. The molecule has 0 N–H and O–H groups in total. The van der Waals surface area contributed by atoms with Gasteiger partial charge in [-0.2, -0.15) is 0 Å². The minimum Gasteiger partial charge on any atom is -0.468 e. The fourth-order valence-corrected chi connectivity index (χ4v) is 2.46. The molecule has 6 nitrogen and oxygen atoms in total. The van der Waals surface area contributed by atoms with E-state index in [-0.39, 0.29) is 24.6 Å². The maximum absolute atomic E-state index is 11.9. The number of likely N-dealkylation sites (tertiary alicyclic amines) is 1. The van der Waals surface area contributed by atoms with Crippen molar-refractivity contribution in [2.45, 2.75) is 32.8 Å². The first-order valence-electron chi connectivity index (χ1n) is 6.96. The zero-order valence-electron chi connectivity index (χ0n) is 12.8. The highest BCUT2D eigenvalue weighted by Gasteiger charge is 2.46. The van der Waals surface area contributed by atoms with Crippen molar-refractivity contribution in [3.8, 4) is 0 Å². The molecule has 0 radical (unpaired) electrons. The van der Waals surface area contributed by atoms with Crippen LogP contribution in [0.25, 0.3) is 0 Å². The molecule has 116 valence electrons. The van der Waals surface area contributed by atoms with Crippen LogP contribution in [0, 0.1) is 5.41 Å². The molecular formula is C14H25NO5. The second kappa shape index (κ2) is 7.59. The van der Waals surface area contributed by atoms with Crippen molar-refractivity contribution in [3.05, 3.63) is 0 Å². The summed E-state index contributed by atoms with van der Waals surface area (Å²) < 4.78 is 15.3. The summed E-state index contributed by atoms with van der Waals surface area (Å²) in [5, 5.41) is 0. The number of ether oxygens (including phenoxy) is 3. The summed E-state index contributed by atoms with van der Waals surface area (Å²) in [6, 6.07) is 0. The third-order valence-corrected chi connectivity index (χ3v) is 3.73. The van der Waals surface area contributed by atoms with Gasteiger partial charge < -0.3 is 14.2 Å². The van der Waals surface area contributed by atoms with Gasteiger partial charge in [-0.3, -0.25) is 14.5 Å². The Morgan fingerprint density at radius 3 is 2.60 bits per heavy atom. The fraction of sp³-hybridized carbons (Fsp3) is 0.857. The van der Waals surface area contributed by atoms with Crippen molar-refractivity contribution in [2.75, 3.05) is 40.5 Å². The van der Waals surface area contributed by atoms with Crippen LogP contribution in [-0.2, 0) is 23.8 Å². The van der Waals surface area contributed by atoms with Crippen LogP contribution < -0.4 is 0 Å². The number of carbonyl (C=O) groups excluding carboxylic acids is 2. The largest absolute Gasteiger partial charge is 0.468 e. The second-order valence-electron chi connectivity index (χ2n) is 5.37. The van der Waals surface area contributed by atoms with E-state index in [1.165, 1.54) is 7.11 Å². The topological polar surface area (TPSA) is 65.1 Å². The molecule has 6 heteroatoms. The standard InChI is InChI=1S/C14H25NO5/c1-5-11(2)20-12(16)8-15-7-6-14(9-15,10-18-3)13(17)19-4/h11H,5-10H2,1-4H3. The van der Waals surface area contributed by atoms with Crippen LogP contribution in [-0.4, -0.2) is 63.4 Å². The van der Waals surface area contributed by atoms with Crippen molar-refractivity contribution in [3.63, 3.8) is 0 Å². The van der Waals surface area contributed by atoms with Gasteiger partial charge in [0.1, 0.15) is 5.41 Å². The Morgan fingerprint density at radius 2 is 2.05 bits per heavy atom. The van der Waals surface area contributed by atoms with Gasteiger partial charge in [0.15, 0.2) is 0 Å². The number of esters is 2. The number of rotatable bonds is 7. The van der Waals surface area contributed by atoms with Crippen LogP contribution in [0.2, 0.25) is 0 Å². The molecule has 0 aromatic rings. The SMILES string of the molecule is CCC(C)OC(=O)CN1CCC(COC)(C(=O)OC)C1. The van der Waals surface area contributed by atoms with Gasteiger partial charge in [-0.25, -0.2) is 0 Å². The van der Waals surface area contributed by atoms with Crippen LogP contribution in [0.15, 0.2) is 0 Å². The van der Waals surface area contributed by atoms with E-state index in [2.05, 4.69) is 0 Å². The average molecular weight is 287 g/mol. The molecule has 1 rings (SSSR count). The van der Waals surface area contributed by atoms with Crippen molar-refractivity contribution in [1.82, 2.24) is 4.90 Å². The van der Waals surface area contributed by atoms with Gasteiger partial charge in [-0.15, -0.1) is 0 Å². The van der Waals surface area contributed by atoms with Crippen LogP contribution in [0.5, 0.6) is 0 Å². The molecule has 1 fully saturated rings. The van der Waals surface area contributed by atoms with Crippen molar-refractivity contribution in [2.24, 2.45) is 5.41 Å². The Kier molecular flexibility index (Phi) is 6.42. The van der Waals surface area contributed by atoms with Gasteiger partial charge in [0.05, 0.1) is 26.4 Å². The van der Waals surface area contributed by atoms with Crippen LogP contribution in [0.3, 0.4) is 0 Å². The third-order valence-electron chi connectivity index (χ3n) is 3.73. The lowest BCUT2D eigenvalue weighted by Crippen LogP contribution is -2.40. The lowest BCUT2D eigenvalue weighted by Gasteiger charge is -2.25. The highest BCUT2D eigenvalue weighted by molar-refractivity contribution is 5.78. The zero-order valence-corrected chi connectivity index (χ0v) is 12.8. The predicted molar refractivity (Wildman–Crippen MR) is 73.2 cm³/mol. The average Bonchev–Trinajstić information content (AvgIpc) is 2.82. The molecule has 2 unspecified atom stereocenters. The number of methoxy groups -OCH3 is 2. The smallest absolute Gasteiger partial charge is 0.320 e. The minimum absolute atomic E-state index is 0.0746. The van der Waals surface area contributed by atoms with E-state index < -0.39 is 5.41 Å². The summed E-state index contributed by atoms with van der Waals surface area (Å²) in [7, 11) is 2.93. The summed E-state index contributed by atoms with van der Waals surface area (Å²) in [5.41, 5.74) is -0.667. The molecule has 1 saturated heterocycles. The molecule has 2 atom stereocenters. The van der Waals surface area contributed by atoms with Gasteiger partial charge in [0.25, 0.3) is 0 Å². The Morgan fingerprint density at radius 1 is 1.35 bits per heavy atom. The van der Waals surface area contributed by atoms with Gasteiger partial charge >= 0.3 is 11.9 Å². The van der Waals surface area contributed by atoms with Gasteiger partial charge in [-0.1, -0.05) is 6.92 Å². The lowest BCUT2D eigenvalue weighted by atomic mass is 9.88. The molecular weight excluding hydrogens is 262 g/mol. The van der Waals surface area contributed by atoms with E-state index in [1.54, 1.807) is 7.11 Å². The Balaban J connectivity index is 2.56. The van der Waals surface area contributed by atoms with E-state index in [1.807, 2.05) is 18.7 Å². The predicted octanol–water partition coefficient (Wildman–Crippen LogP) is 0.840. The van der Waals surface area contributed by atoms with E-state index in [4.69, 9.17) is 14.2 Å². The highest BCUT2D eigenvalue weighted by atomic mass is 16.5. The molecule has 0 aromatic carbocycles. The maximum atomic E-state index is 11.9. The summed E-state index contributed by atoms with van der Waals surface area (Å²) >= 11 is 0. The van der Waals surface area contributed by atoms with E-state index in [0.29, 0.717) is 26.1 Å². The lowest BCUT2D eigenvalue weighted by molar-refractivity contribution is -0.156. The molecule has 1 aliphatic rings. The number of nitrogens with zero attached hydrogens (tertiary/aromatic N) is 1. The quantitative estimate of drug-likeness (QED) is 0.647. The fourth-order valence-electron chi connectivity index (χ4n) is 2.46. The first-order valence-corrected chi connectivity index (χ1v) is 6.96. The van der Waals surface area contributed by atoms with Gasteiger partial charge in [-0.05, 0) is 19.8 Å². The summed E-state index contributed by atoms with van der Waals surface area (Å²) in [6.07, 6.45) is 1.35. The molecule has 1 aliphatic heterocycles. The summed E-state index contributed by atoms with van der Waals surface area (Å²) in [6.45, 7) is 5.46. The first-order chi connectivity index (χ1) is 9.47. The van der Waals surface area contributed by atoms with Crippen LogP contribution in [0.4, 0.5) is 0 Å². The second-order valence-corrected chi connectivity index (χ2v) is 5.37. The normalized spacial score (nSPS) is 24.4. The first kappa shape index (κ1) is 16.9. The Bertz CT molecular complexity index is 346. The number of hydrogen-bond acceptors (Lipinski definition) is 6. The monoisotopic (exact) mass is 287 g/mol. The molecule has 20 heavy (non-hydrogen) atoms. The minimum atomic E-state index is -0.667. The number of carbonyl (C=O) groups is 2. The molecule has 0 saturated carbocycles. The van der Waals surface area contributed by atoms with Crippen LogP contribution in [0.1, 0.15) is 26.7 Å². The summed E-state index contributed by atoms with van der Waals surface area (Å²) in [4.78, 5) is 25.6. The van der Waals surface area contributed by atoms with Gasteiger partial charge in [0, 0.05) is 20.2 Å². The van der Waals surface area contributed by atoms with E-state index in [9.17, 15) is 9.59 Å². The number of hydrogen-bond donors (Lipinski definition) is 0. The molecule has 0 aromatic heterocycles.